The lowest BCUT2D eigenvalue weighted by molar-refractivity contribution is 0.627. The quantitative estimate of drug-likeness (QED) is 0.779. The zero-order chi connectivity index (χ0) is 14.7. The molecule has 5 heteroatoms. The van der Waals surface area contributed by atoms with Gasteiger partial charge in [-0.15, -0.1) is 0 Å². The van der Waals surface area contributed by atoms with E-state index in [1.807, 2.05) is 30.5 Å². The summed E-state index contributed by atoms with van der Waals surface area (Å²) in [5, 5.41) is 8.28. The van der Waals surface area contributed by atoms with Gasteiger partial charge in [-0.2, -0.15) is 5.10 Å². The highest BCUT2D eigenvalue weighted by molar-refractivity contribution is 6.30. The Morgan fingerprint density at radius 1 is 1.05 bits per heavy atom. The molecule has 0 aliphatic heterocycles. The maximum absolute atomic E-state index is 12.9. The van der Waals surface area contributed by atoms with Crippen LogP contribution in [0.1, 0.15) is 5.56 Å². The van der Waals surface area contributed by atoms with Crippen molar-refractivity contribution in [1.82, 2.24) is 9.78 Å². The van der Waals surface area contributed by atoms with Crippen molar-refractivity contribution in [2.24, 2.45) is 0 Å². The van der Waals surface area contributed by atoms with Crippen molar-refractivity contribution in [1.29, 1.82) is 0 Å². The fraction of sp³-hybridized carbons (Fsp3) is 0.0625. The third-order valence-corrected chi connectivity index (χ3v) is 3.32. The molecule has 3 nitrogen and oxygen atoms in total. The molecule has 2 aromatic carbocycles. The van der Waals surface area contributed by atoms with Crippen molar-refractivity contribution in [3.63, 3.8) is 0 Å². The van der Waals surface area contributed by atoms with Crippen molar-refractivity contribution >= 4 is 17.3 Å². The number of rotatable bonds is 4. The van der Waals surface area contributed by atoms with Crippen LogP contribution in [0, 0.1) is 5.82 Å². The van der Waals surface area contributed by atoms with E-state index >= 15 is 0 Å². The van der Waals surface area contributed by atoms with Crippen LogP contribution in [0.2, 0.25) is 5.02 Å². The van der Waals surface area contributed by atoms with E-state index in [1.54, 1.807) is 23.0 Å². The summed E-state index contributed by atoms with van der Waals surface area (Å²) in [5.41, 5.74) is 2.86. The van der Waals surface area contributed by atoms with Gasteiger partial charge in [0.05, 0.1) is 11.9 Å². The molecule has 0 aliphatic rings. The summed E-state index contributed by atoms with van der Waals surface area (Å²) < 4.78 is 14.6. The molecule has 0 radical (unpaired) electrons. The van der Waals surface area contributed by atoms with Gasteiger partial charge in [-0.1, -0.05) is 11.6 Å². The van der Waals surface area contributed by atoms with Gasteiger partial charge in [0.1, 0.15) is 5.82 Å². The molecule has 0 saturated carbocycles. The van der Waals surface area contributed by atoms with Crippen molar-refractivity contribution in [2.45, 2.75) is 6.54 Å². The molecule has 1 aromatic heterocycles. The summed E-state index contributed by atoms with van der Waals surface area (Å²) in [6.45, 7) is 0.656. The van der Waals surface area contributed by atoms with Crippen LogP contribution in [0.4, 0.5) is 10.1 Å². The second-order valence-corrected chi connectivity index (χ2v) is 5.07. The third kappa shape index (κ3) is 3.41. The average molecular weight is 302 g/mol. The molecule has 3 rings (SSSR count). The van der Waals surface area contributed by atoms with Crippen LogP contribution in [0.25, 0.3) is 5.69 Å². The normalized spacial score (nSPS) is 10.6. The van der Waals surface area contributed by atoms with Gasteiger partial charge in [-0.3, -0.25) is 0 Å². The minimum atomic E-state index is -0.254. The molecule has 0 bridgehead atoms. The SMILES string of the molecule is Fc1ccc(-n2cc(CNc3ccc(Cl)cc3)cn2)cc1. The Morgan fingerprint density at radius 3 is 2.48 bits per heavy atom. The van der Waals surface area contributed by atoms with Crippen molar-refractivity contribution in [3.8, 4) is 5.69 Å². The molecule has 1 heterocycles. The first kappa shape index (κ1) is 13.6. The predicted octanol–water partition coefficient (Wildman–Crippen LogP) is 4.28. The van der Waals surface area contributed by atoms with E-state index in [1.165, 1.54) is 12.1 Å². The monoisotopic (exact) mass is 301 g/mol. The van der Waals surface area contributed by atoms with E-state index in [2.05, 4.69) is 10.4 Å². The molecule has 0 fully saturated rings. The molecular formula is C16H13ClFN3. The van der Waals surface area contributed by atoms with E-state index in [0.717, 1.165) is 16.9 Å². The fourth-order valence-electron chi connectivity index (χ4n) is 1.96. The molecule has 0 unspecified atom stereocenters. The van der Waals surface area contributed by atoms with Gasteiger partial charge in [0.2, 0.25) is 0 Å². The van der Waals surface area contributed by atoms with Gasteiger partial charge in [0.15, 0.2) is 0 Å². The second-order valence-electron chi connectivity index (χ2n) is 4.63. The van der Waals surface area contributed by atoms with Crippen LogP contribution in [-0.2, 0) is 6.54 Å². The van der Waals surface area contributed by atoms with Crippen molar-refractivity contribution in [2.75, 3.05) is 5.32 Å². The Hall–Kier alpha value is -2.33. The summed E-state index contributed by atoms with van der Waals surface area (Å²) in [6, 6.07) is 13.7. The zero-order valence-electron chi connectivity index (χ0n) is 11.1. The first-order chi connectivity index (χ1) is 10.2. The van der Waals surface area contributed by atoms with Crippen molar-refractivity contribution in [3.05, 3.63) is 77.3 Å². The fourth-order valence-corrected chi connectivity index (χ4v) is 2.08. The highest BCUT2D eigenvalue weighted by atomic mass is 35.5. The van der Waals surface area contributed by atoms with Crippen LogP contribution < -0.4 is 5.32 Å². The third-order valence-electron chi connectivity index (χ3n) is 3.07. The van der Waals surface area contributed by atoms with Crippen LogP contribution in [0.5, 0.6) is 0 Å². The van der Waals surface area contributed by atoms with Gasteiger partial charge < -0.3 is 5.32 Å². The molecule has 0 atom stereocenters. The number of benzene rings is 2. The zero-order valence-corrected chi connectivity index (χ0v) is 11.9. The molecule has 21 heavy (non-hydrogen) atoms. The largest absolute Gasteiger partial charge is 0.381 e. The number of hydrogen-bond acceptors (Lipinski definition) is 2. The maximum atomic E-state index is 12.9. The Morgan fingerprint density at radius 2 is 1.76 bits per heavy atom. The van der Waals surface area contributed by atoms with E-state index in [-0.39, 0.29) is 5.82 Å². The van der Waals surface area contributed by atoms with Gasteiger partial charge in [-0.25, -0.2) is 9.07 Å². The second kappa shape index (κ2) is 5.97. The van der Waals surface area contributed by atoms with Gasteiger partial charge >= 0.3 is 0 Å². The minimum absolute atomic E-state index is 0.254. The minimum Gasteiger partial charge on any atom is -0.381 e. The molecule has 0 saturated heterocycles. The van der Waals surface area contributed by atoms with Gasteiger partial charge in [0.25, 0.3) is 0 Å². The summed E-state index contributed by atoms with van der Waals surface area (Å²) in [7, 11) is 0. The van der Waals surface area contributed by atoms with Crippen LogP contribution >= 0.6 is 11.6 Å². The number of hydrogen-bond donors (Lipinski definition) is 1. The van der Waals surface area contributed by atoms with Crippen LogP contribution in [-0.4, -0.2) is 9.78 Å². The summed E-state index contributed by atoms with van der Waals surface area (Å²) in [5.74, 6) is -0.254. The number of anilines is 1. The first-order valence-corrected chi connectivity index (χ1v) is 6.87. The maximum Gasteiger partial charge on any atom is 0.123 e. The van der Waals surface area contributed by atoms with Crippen LogP contribution in [0.15, 0.2) is 60.9 Å². The van der Waals surface area contributed by atoms with E-state index in [4.69, 9.17) is 11.6 Å². The number of halogens is 2. The summed E-state index contributed by atoms with van der Waals surface area (Å²) >= 11 is 5.84. The van der Waals surface area contributed by atoms with Gasteiger partial charge in [-0.05, 0) is 48.5 Å². The molecule has 0 aliphatic carbocycles. The number of aromatic nitrogens is 2. The lowest BCUT2D eigenvalue weighted by atomic mass is 10.3. The summed E-state index contributed by atoms with van der Waals surface area (Å²) in [6.07, 6.45) is 3.70. The number of nitrogens with one attached hydrogen (secondary N) is 1. The average Bonchev–Trinajstić information content (AvgIpc) is 2.96. The molecule has 106 valence electrons. The molecule has 0 amide bonds. The topological polar surface area (TPSA) is 29.9 Å². The smallest absolute Gasteiger partial charge is 0.123 e. The van der Waals surface area contributed by atoms with Gasteiger partial charge in [0, 0.05) is 29.0 Å². The Bertz CT molecular complexity index is 720. The first-order valence-electron chi connectivity index (χ1n) is 6.50. The predicted molar refractivity (Wildman–Crippen MR) is 82.3 cm³/mol. The van der Waals surface area contributed by atoms with E-state index in [0.29, 0.717) is 11.6 Å². The van der Waals surface area contributed by atoms with E-state index < -0.39 is 0 Å². The summed E-state index contributed by atoms with van der Waals surface area (Å²) in [4.78, 5) is 0. The molecule has 1 N–H and O–H groups in total. The lowest BCUT2D eigenvalue weighted by Gasteiger charge is -2.04. The van der Waals surface area contributed by atoms with Crippen molar-refractivity contribution < 1.29 is 4.39 Å². The lowest BCUT2D eigenvalue weighted by Crippen LogP contribution is -1.98. The highest BCUT2D eigenvalue weighted by Gasteiger charge is 2.01. The van der Waals surface area contributed by atoms with Crippen LogP contribution in [0.3, 0.4) is 0 Å². The standard InChI is InChI=1S/C16H13ClFN3/c17-13-1-5-15(6-2-13)19-9-12-10-20-21(11-12)16-7-3-14(18)4-8-16/h1-8,10-11,19H,9H2. The Kier molecular flexibility index (Phi) is 3.88. The molecule has 3 aromatic rings. The Balaban J connectivity index is 1.67. The Labute approximate surface area is 127 Å². The molecular weight excluding hydrogens is 289 g/mol. The molecule has 0 spiro atoms. The number of nitrogens with zero attached hydrogens (tertiary/aromatic N) is 2. The highest BCUT2D eigenvalue weighted by Crippen LogP contribution is 2.15. The van der Waals surface area contributed by atoms with E-state index in [9.17, 15) is 4.39 Å².